The van der Waals surface area contributed by atoms with Crippen LogP contribution in [-0.4, -0.2) is 30.6 Å². The monoisotopic (exact) mass is 278 g/mol. The van der Waals surface area contributed by atoms with Crippen molar-refractivity contribution in [3.8, 4) is 0 Å². The Balaban J connectivity index is 1.82. The number of hydrogen-bond donors (Lipinski definition) is 1. The van der Waals surface area contributed by atoms with E-state index in [-0.39, 0.29) is 11.8 Å². The maximum absolute atomic E-state index is 13.1. The van der Waals surface area contributed by atoms with E-state index in [1.165, 1.54) is 6.07 Å². The van der Waals surface area contributed by atoms with Crippen LogP contribution in [0.2, 0.25) is 0 Å². The minimum absolute atomic E-state index is 0.0444. The number of urea groups is 1. The van der Waals surface area contributed by atoms with Crippen LogP contribution in [0.5, 0.6) is 0 Å². The molecule has 0 aliphatic carbocycles. The molecule has 1 fully saturated rings. The van der Waals surface area contributed by atoms with E-state index in [2.05, 4.69) is 5.32 Å². The average molecular weight is 278 g/mol. The van der Waals surface area contributed by atoms with E-state index in [0.717, 1.165) is 44.3 Å². The molecule has 4 heteroatoms. The average Bonchev–Trinajstić information content (AvgIpc) is 2.46. The third-order valence-corrected chi connectivity index (χ3v) is 3.86. The summed E-state index contributed by atoms with van der Waals surface area (Å²) in [6.45, 7) is 4.27. The first kappa shape index (κ1) is 14.8. The molecule has 0 bridgehead atoms. The standard InChI is InChI=1S/C16H23FN2O/c1-2-18-16(20)19-10-4-6-14(12-19)9-8-13-5-3-7-15(17)11-13/h3,5,7,11,14H,2,4,6,8-10,12H2,1H3,(H,18,20). The van der Waals surface area contributed by atoms with Crippen molar-refractivity contribution in [2.45, 2.75) is 32.6 Å². The fourth-order valence-corrected chi connectivity index (χ4v) is 2.81. The molecule has 0 saturated carbocycles. The van der Waals surface area contributed by atoms with E-state index in [0.29, 0.717) is 12.5 Å². The Hall–Kier alpha value is -1.58. The largest absolute Gasteiger partial charge is 0.338 e. The first-order valence-corrected chi connectivity index (χ1v) is 7.46. The van der Waals surface area contributed by atoms with Gasteiger partial charge in [-0.15, -0.1) is 0 Å². The summed E-state index contributed by atoms with van der Waals surface area (Å²) in [7, 11) is 0. The molecule has 1 saturated heterocycles. The molecule has 20 heavy (non-hydrogen) atoms. The molecular weight excluding hydrogens is 255 g/mol. The molecule has 110 valence electrons. The number of nitrogens with zero attached hydrogens (tertiary/aromatic N) is 1. The molecule has 2 amide bonds. The predicted molar refractivity (Wildman–Crippen MR) is 78.1 cm³/mol. The summed E-state index contributed by atoms with van der Waals surface area (Å²) in [5, 5.41) is 2.85. The highest BCUT2D eigenvalue weighted by Crippen LogP contribution is 2.21. The minimum Gasteiger partial charge on any atom is -0.338 e. The molecule has 0 spiro atoms. The van der Waals surface area contributed by atoms with Gasteiger partial charge in [-0.3, -0.25) is 0 Å². The molecule has 1 atom stereocenters. The van der Waals surface area contributed by atoms with Gasteiger partial charge in [0.05, 0.1) is 0 Å². The van der Waals surface area contributed by atoms with Crippen molar-refractivity contribution in [3.05, 3.63) is 35.6 Å². The number of likely N-dealkylation sites (tertiary alicyclic amines) is 1. The molecule has 3 nitrogen and oxygen atoms in total. The first-order valence-electron chi connectivity index (χ1n) is 7.46. The Labute approximate surface area is 120 Å². The van der Waals surface area contributed by atoms with Gasteiger partial charge >= 0.3 is 6.03 Å². The number of aryl methyl sites for hydroxylation is 1. The second-order valence-corrected chi connectivity index (χ2v) is 5.46. The van der Waals surface area contributed by atoms with Crippen molar-refractivity contribution in [2.75, 3.05) is 19.6 Å². The lowest BCUT2D eigenvalue weighted by molar-refractivity contribution is 0.163. The van der Waals surface area contributed by atoms with Crippen LogP contribution in [0, 0.1) is 11.7 Å². The second-order valence-electron chi connectivity index (χ2n) is 5.46. The zero-order valence-corrected chi connectivity index (χ0v) is 12.1. The van der Waals surface area contributed by atoms with Gasteiger partial charge in [-0.05, 0) is 56.2 Å². The molecule has 1 unspecified atom stereocenters. The maximum atomic E-state index is 13.1. The molecule has 1 heterocycles. The van der Waals surface area contributed by atoms with Crippen molar-refractivity contribution >= 4 is 6.03 Å². The highest BCUT2D eigenvalue weighted by molar-refractivity contribution is 5.74. The summed E-state index contributed by atoms with van der Waals surface area (Å²) in [6, 6.07) is 6.84. The van der Waals surface area contributed by atoms with Crippen molar-refractivity contribution in [1.29, 1.82) is 0 Å². The SMILES string of the molecule is CCNC(=O)N1CCCC(CCc2cccc(F)c2)C1. The highest BCUT2D eigenvalue weighted by atomic mass is 19.1. The number of amides is 2. The normalized spacial score (nSPS) is 18.9. The Bertz CT molecular complexity index is 450. The van der Waals surface area contributed by atoms with E-state index < -0.39 is 0 Å². The highest BCUT2D eigenvalue weighted by Gasteiger charge is 2.22. The van der Waals surface area contributed by atoms with Gasteiger partial charge in [0, 0.05) is 19.6 Å². The molecule has 0 aromatic heterocycles. The van der Waals surface area contributed by atoms with Crippen LogP contribution >= 0.6 is 0 Å². The summed E-state index contributed by atoms with van der Waals surface area (Å²) in [4.78, 5) is 13.7. The lowest BCUT2D eigenvalue weighted by atomic mass is 9.92. The van der Waals surface area contributed by atoms with Gasteiger partial charge in [-0.25, -0.2) is 9.18 Å². The zero-order chi connectivity index (χ0) is 14.4. The van der Waals surface area contributed by atoms with Gasteiger partial charge in [-0.1, -0.05) is 12.1 Å². The molecule has 1 aliphatic heterocycles. The number of halogens is 1. The van der Waals surface area contributed by atoms with Gasteiger partial charge < -0.3 is 10.2 Å². The smallest absolute Gasteiger partial charge is 0.317 e. The number of carbonyl (C=O) groups is 1. The number of piperidine rings is 1. The minimum atomic E-state index is -0.171. The third-order valence-electron chi connectivity index (χ3n) is 3.86. The van der Waals surface area contributed by atoms with Crippen LogP contribution in [-0.2, 0) is 6.42 Å². The predicted octanol–water partition coefficient (Wildman–Crippen LogP) is 3.20. The molecule has 1 aromatic carbocycles. The van der Waals surface area contributed by atoms with Crippen LogP contribution in [0.1, 0.15) is 31.7 Å². The number of nitrogens with one attached hydrogen (secondary N) is 1. The molecule has 1 aromatic rings. The van der Waals surface area contributed by atoms with Crippen LogP contribution in [0.15, 0.2) is 24.3 Å². The molecule has 1 N–H and O–H groups in total. The van der Waals surface area contributed by atoms with E-state index >= 15 is 0 Å². The van der Waals surface area contributed by atoms with Crippen molar-refractivity contribution in [3.63, 3.8) is 0 Å². The Kier molecular flexibility index (Phi) is 5.39. The number of hydrogen-bond acceptors (Lipinski definition) is 1. The number of carbonyl (C=O) groups excluding carboxylic acids is 1. The second kappa shape index (κ2) is 7.27. The van der Waals surface area contributed by atoms with Gasteiger partial charge in [0.2, 0.25) is 0 Å². The quantitative estimate of drug-likeness (QED) is 0.901. The third kappa shape index (κ3) is 4.22. The summed E-state index contributed by atoms with van der Waals surface area (Å²) < 4.78 is 13.1. The fourth-order valence-electron chi connectivity index (χ4n) is 2.81. The summed E-state index contributed by atoms with van der Waals surface area (Å²) >= 11 is 0. The first-order chi connectivity index (χ1) is 9.69. The number of benzene rings is 1. The van der Waals surface area contributed by atoms with Crippen LogP contribution in [0.4, 0.5) is 9.18 Å². The van der Waals surface area contributed by atoms with E-state index in [9.17, 15) is 9.18 Å². The van der Waals surface area contributed by atoms with E-state index in [1.807, 2.05) is 17.9 Å². The summed E-state index contributed by atoms with van der Waals surface area (Å²) in [5.74, 6) is 0.352. The van der Waals surface area contributed by atoms with Gasteiger partial charge in [-0.2, -0.15) is 0 Å². The van der Waals surface area contributed by atoms with Crippen molar-refractivity contribution < 1.29 is 9.18 Å². The topological polar surface area (TPSA) is 32.3 Å². The number of rotatable bonds is 4. The molecule has 2 rings (SSSR count). The lowest BCUT2D eigenvalue weighted by Crippen LogP contribution is -2.45. The zero-order valence-electron chi connectivity index (χ0n) is 12.1. The summed E-state index contributed by atoms with van der Waals surface area (Å²) in [5.41, 5.74) is 1.04. The Morgan fingerprint density at radius 2 is 2.35 bits per heavy atom. The van der Waals surface area contributed by atoms with Crippen molar-refractivity contribution in [1.82, 2.24) is 10.2 Å². The van der Waals surface area contributed by atoms with Crippen LogP contribution in [0.3, 0.4) is 0 Å². The van der Waals surface area contributed by atoms with Gasteiger partial charge in [0.1, 0.15) is 5.82 Å². The van der Waals surface area contributed by atoms with E-state index in [4.69, 9.17) is 0 Å². The molecule has 1 aliphatic rings. The Morgan fingerprint density at radius 3 is 3.10 bits per heavy atom. The maximum Gasteiger partial charge on any atom is 0.317 e. The van der Waals surface area contributed by atoms with Crippen LogP contribution < -0.4 is 5.32 Å². The molecular formula is C16H23FN2O. The van der Waals surface area contributed by atoms with Gasteiger partial charge in [0.25, 0.3) is 0 Å². The van der Waals surface area contributed by atoms with Crippen LogP contribution in [0.25, 0.3) is 0 Å². The van der Waals surface area contributed by atoms with Gasteiger partial charge in [0.15, 0.2) is 0 Å². The van der Waals surface area contributed by atoms with E-state index in [1.54, 1.807) is 12.1 Å². The van der Waals surface area contributed by atoms with Crippen molar-refractivity contribution in [2.24, 2.45) is 5.92 Å². The fraction of sp³-hybridized carbons (Fsp3) is 0.562. The molecule has 0 radical (unpaired) electrons. The Morgan fingerprint density at radius 1 is 1.50 bits per heavy atom. The lowest BCUT2D eigenvalue weighted by Gasteiger charge is -2.32. The summed E-state index contributed by atoms with van der Waals surface area (Å²) in [6.07, 6.45) is 4.11.